The lowest BCUT2D eigenvalue weighted by Crippen LogP contribution is -2.49. The minimum Gasteiger partial charge on any atom is -0.497 e. The number of piperazine rings is 1. The van der Waals surface area contributed by atoms with Crippen molar-refractivity contribution in [1.82, 2.24) is 14.9 Å². The number of hydrogen-bond donors (Lipinski definition) is 0. The summed E-state index contributed by atoms with van der Waals surface area (Å²) in [6, 6.07) is 18.0. The van der Waals surface area contributed by atoms with E-state index in [1.807, 2.05) is 40.5 Å². The van der Waals surface area contributed by atoms with E-state index in [-0.39, 0.29) is 5.91 Å². The van der Waals surface area contributed by atoms with Crippen molar-refractivity contribution >= 4 is 33.3 Å². The third-order valence-corrected chi connectivity index (χ3v) is 8.71. The number of aryl methyl sites for hydroxylation is 4. The Morgan fingerprint density at radius 2 is 1.68 bits per heavy atom. The normalized spacial score (nSPS) is 15.6. The van der Waals surface area contributed by atoms with E-state index in [1.165, 1.54) is 34.2 Å². The van der Waals surface area contributed by atoms with Gasteiger partial charge in [0.1, 0.15) is 22.2 Å². The van der Waals surface area contributed by atoms with Crippen LogP contribution in [-0.2, 0) is 25.7 Å². The predicted molar refractivity (Wildman–Crippen MR) is 149 cm³/mol. The first-order chi connectivity index (χ1) is 18.2. The summed E-state index contributed by atoms with van der Waals surface area (Å²) in [5.74, 6) is 2.83. The Morgan fingerprint density at radius 3 is 2.43 bits per heavy atom. The van der Waals surface area contributed by atoms with Crippen molar-refractivity contribution in [3.8, 4) is 5.75 Å². The second kappa shape index (κ2) is 10.5. The van der Waals surface area contributed by atoms with Crippen LogP contribution < -0.4 is 9.64 Å². The minimum absolute atomic E-state index is 0.0756. The summed E-state index contributed by atoms with van der Waals surface area (Å²) in [5.41, 5.74) is 3.48. The van der Waals surface area contributed by atoms with Crippen molar-refractivity contribution < 1.29 is 9.53 Å². The van der Waals surface area contributed by atoms with Crippen molar-refractivity contribution in [2.24, 2.45) is 0 Å². The van der Waals surface area contributed by atoms with Gasteiger partial charge in [0.15, 0.2) is 0 Å². The largest absolute Gasteiger partial charge is 0.497 e. The van der Waals surface area contributed by atoms with Gasteiger partial charge in [-0.25, -0.2) is 9.97 Å². The van der Waals surface area contributed by atoms with E-state index in [0.717, 1.165) is 61.0 Å². The van der Waals surface area contributed by atoms with E-state index < -0.39 is 0 Å². The van der Waals surface area contributed by atoms with Gasteiger partial charge in [0.25, 0.3) is 5.91 Å². The Morgan fingerprint density at radius 1 is 0.919 bits per heavy atom. The number of rotatable bonds is 6. The number of nitrogens with zero attached hydrogens (tertiary/aromatic N) is 4. The number of methoxy groups -OCH3 is 1. The molecule has 1 amide bonds. The van der Waals surface area contributed by atoms with Crippen molar-refractivity contribution in [2.75, 3.05) is 38.2 Å². The van der Waals surface area contributed by atoms with Gasteiger partial charge in [-0.3, -0.25) is 4.79 Å². The zero-order chi connectivity index (χ0) is 25.2. The van der Waals surface area contributed by atoms with Gasteiger partial charge in [-0.15, -0.1) is 11.3 Å². The number of anilines is 1. The van der Waals surface area contributed by atoms with Crippen LogP contribution in [0, 0.1) is 0 Å². The molecule has 6 rings (SSSR count). The SMILES string of the molecule is COc1ccc(C(=O)N2CCN(c3nc(CCc4ccccc4)nc4sc5c(c34)CCCC5)CC2)cc1. The van der Waals surface area contributed by atoms with Crippen LogP contribution in [0.3, 0.4) is 0 Å². The molecule has 0 saturated carbocycles. The van der Waals surface area contributed by atoms with Crippen LogP contribution in [-0.4, -0.2) is 54.1 Å². The average molecular weight is 513 g/mol. The van der Waals surface area contributed by atoms with E-state index in [0.29, 0.717) is 18.7 Å². The van der Waals surface area contributed by atoms with Gasteiger partial charge in [-0.2, -0.15) is 0 Å². The van der Waals surface area contributed by atoms with Gasteiger partial charge in [0, 0.05) is 43.0 Å². The maximum Gasteiger partial charge on any atom is 0.253 e. The Balaban J connectivity index is 1.25. The average Bonchev–Trinajstić information content (AvgIpc) is 3.34. The summed E-state index contributed by atoms with van der Waals surface area (Å²) in [4.78, 5) is 30.3. The molecular weight excluding hydrogens is 480 g/mol. The molecule has 3 heterocycles. The Labute approximate surface area is 221 Å². The lowest BCUT2D eigenvalue weighted by Gasteiger charge is -2.36. The highest BCUT2D eigenvalue weighted by Gasteiger charge is 2.28. The molecule has 1 aliphatic heterocycles. The lowest BCUT2D eigenvalue weighted by atomic mass is 9.96. The molecule has 2 aliphatic rings. The highest BCUT2D eigenvalue weighted by atomic mass is 32.1. The molecule has 0 bridgehead atoms. The minimum atomic E-state index is 0.0756. The molecule has 0 unspecified atom stereocenters. The molecule has 0 radical (unpaired) electrons. The van der Waals surface area contributed by atoms with E-state index in [1.54, 1.807) is 7.11 Å². The molecule has 2 aromatic carbocycles. The third-order valence-electron chi connectivity index (χ3n) is 7.53. The van der Waals surface area contributed by atoms with Crippen LogP contribution in [0.4, 0.5) is 5.82 Å². The molecule has 0 N–H and O–H groups in total. The Kier molecular flexibility index (Phi) is 6.79. The van der Waals surface area contributed by atoms with Gasteiger partial charge < -0.3 is 14.5 Å². The summed E-state index contributed by atoms with van der Waals surface area (Å²) < 4.78 is 5.23. The molecular formula is C30H32N4O2S. The number of carbonyl (C=O) groups excluding carboxylic acids is 1. The number of thiophene rings is 1. The molecule has 6 nitrogen and oxygen atoms in total. The van der Waals surface area contributed by atoms with E-state index in [2.05, 4.69) is 35.2 Å². The zero-order valence-electron chi connectivity index (χ0n) is 21.3. The van der Waals surface area contributed by atoms with Crippen LogP contribution in [0.2, 0.25) is 0 Å². The highest BCUT2D eigenvalue weighted by Crippen LogP contribution is 2.40. The van der Waals surface area contributed by atoms with E-state index in [4.69, 9.17) is 14.7 Å². The second-order valence-electron chi connectivity index (χ2n) is 9.85. The van der Waals surface area contributed by atoms with Gasteiger partial charge in [0.2, 0.25) is 0 Å². The highest BCUT2D eigenvalue weighted by molar-refractivity contribution is 7.19. The Hall–Kier alpha value is -3.45. The summed E-state index contributed by atoms with van der Waals surface area (Å²) >= 11 is 1.87. The van der Waals surface area contributed by atoms with Crippen LogP contribution in [0.15, 0.2) is 54.6 Å². The third kappa shape index (κ3) is 4.92. The fourth-order valence-corrected chi connectivity index (χ4v) is 6.73. The molecule has 7 heteroatoms. The lowest BCUT2D eigenvalue weighted by molar-refractivity contribution is 0.0746. The van der Waals surface area contributed by atoms with Crippen molar-refractivity contribution in [3.05, 3.63) is 82.0 Å². The Bertz CT molecular complexity index is 1390. The topological polar surface area (TPSA) is 58.6 Å². The first-order valence-corrected chi connectivity index (χ1v) is 14.0. The summed E-state index contributed by atoms with van der Waals surface area (Å²) in [6.45, 7) is 2.91. The van der Waals surface area contributed by atoms with Crippen LogP contribution in [0.25, 0.3) is 10.2 Å². The second-order valence-corrected chi connectivity index (χ2v) is 10.9. The van der Waals surface area contributed by atoms with Gasteiger partial charge >= 0.3 is 0 Å². The molecule has 190 valence electrons. The van der Waals surface area contributed by atoms with Crippen molar-refractivity contribution in [3.63, 3.8) is 0 Å². The number of ether oxygens (including phenoxy) is 1. The van der Waals surface area contributed by atoms with Crippen molar-refractivity contribution in [1.29, 1.82) is 0 Å². The number of amides is 1. The number of aromatic nitrogens is 2. The van der Waals surface area contributed by atoms with Crippen molar-refractivity contribution in [2.45, 2.75) is 38.5 Å². The number of hydrogen-bond acceptors (Lipinski definition) is 6. The van der Waals surface area contributed by atoms with Gasteiger partial charge in [0.05, 0.1) is 12.5 Å². The monoisotopic (exact) mass is 512 g/mol. The number of fused-ring (bicyclic) bond motifs is 3. The van der Waals surface area contributed by atoms with E-state index >= 15 is 0 Å². The number of carbonyl (C=O) groups is 1. The maximum absolute atomic E-state index is 13.1. The fraction of sp³-hybridized carbons (Fsp3) is 0.367. The predicted octanol–water partition coefficient (Wildman–Crippen LogP) is 5.33. The maximum atomic E-state index is 13.1. The fourth-order valence-electron chi connectivity index (χ4n) is 5.46. The first-order valence-electron chi connectivity index (χ1n) is 13.2. The molecule has 37 heavy (non-hydrogen) atoms. The van der Waals surface area contributed by atoms with E-state index in [9.17, 15) is 4.79 Å². The molecule has 1 aliphatic carbocycles. The molecule has 4 aromatic rings. The van der Waals surface area contributed by atoms with Crippen LogP contribution >= 0.6 is 11.3 Å². The quantitative estimate of drug-likeness (QED) is 0.350. The molecule has 2 aromatic heterocycles. The molecule has 0 spiro atoms. The standard InChI is InChI=1S/C30H32N4O2S/c1-36-23-14-12-22(13-15-23)30(35)34-19-17-33(18-20-34)28-27-24-9-5-6-10-25(24)37-29(27)32-26(31-28)16-11-21-7-3-2-4-8-21/h2-4,7-8,12-15H,5-6,9-11,16-20H2,1H3. The first kappa shape index (κ1) is 23.9. The summed E-state index contributed by atoms with van der Waals surface area (Å²) in [6.07, 6.45) is 6.52. The molecule has 1 fully saturated rings. The van der Waals surface area contributed by atoms with Crippen LogP contribution in [0.5, 0.6) is 5.75 Å². The smallest absolute Gasteiger partial charge is 0.253 e. The number of benzene rings is 2. The molecule has 0 atom stereocenters. The van der Waals surface area contributed by atoms with Gasteiger partial charge in [-0.05, 0) is 67.5 Å². The van der Waals surface area contributed by atoms with Crippen LogP contribution in [0.1, 0.15) is 45.0 Å². The van der Waals surface area contributed by atoms with Gasteiger partial charge in [-0.1, -0.05) is 30.3 Å². The summed E-state index contributed by atoms with van der Waals surface area (Å²) in [7, 11) is 1.64. The zero-order valence-corrected chi connectivity index (χ0v) is 22.1. The summed E-state index contributed by atoms with van der Waals surface area (Å²) in [5, 5.41) is 1.26. The molecule has 1 saturated heterocycles.